The maximum absolute atomic E-state index is 11.9. The van der Waals surface area contributed by atoms with E-state index in [1.807, 2.05) is 0 Å². The fourth-order valence-electron chi connectivity index (χ4n) is 5.53. The van der Waals surface area contributed by atoms with Crippen LogP contribution in [0.5, 0.6) is 0 Å². The second-order valence-electron chi connectivity index (χ2n) is 12.5. The Morgan fingerprint density at radius 2 is 0.537 bits per heavy atom. The van der Waals surface area contributed by atoms with E-state index in [0.717, 1.165) is 25.7 Å². The van der Waals surface area contributed by atoms with E-state index in [1.165, 1.54) is 167 Å². The molecule has 0 N–H and O–H groups in total. The minimum absolute atomic E-state index is 0.213. The van der Waals surface area contributed by atoms with Crippen LogP contribution in [0.25, 0.3) is 0 Å². The van der Waals surface area contributed by atoms with Gasteiger partial charge in [0.2, 0.25) is 0 Å². The highest BCUT2D eigenvalue weighted by Gasteiger charge is 2.13. The maximum atomic E-state index is 11.9. The summed E-state index contributed by atoms with van der Waals surface area (Å²) in [5, 5.41) is 0. The van der Waals surface area contributed by atoms with Crippen LogP contribution in [0.3, 0.4) is 0 Å². The van der Waals surface area contributed by atoms with Gasteiger partial charge in [-0.3, -0.25) is 9.59 Å². The van der Waals surface area contributed by atoms with E-state index >= 15 is 0 Å². The molecule has 0 aliphatic heterocycles. The molecule has 1 radical (unpaired) electrons. The zero-order valence-electron chi connectivity index (χ0n) is 27.8. The van der Waals surface area contributed by atoms with Crippen LogP contribution in [-0.4, -0.2) is 27.8 Å². The van der Waals surface area contributed by atoms with Gasteiger partial charge in [0, 0.05) is 12.8 Å². The third-order valence-corrected chi connectivity index (χ3v) is 9.05. The van der Waals surface area contributed by atoms with Crippen LogP contribution >= 0.6 is 0 Å². The predicted octanol–water partition coefficient (Wildman–Crippen LogP) is 12.1. The van der Waals surface area contributed by atoms with Gasteiger partial charge in [-0.25, -0.2) is 0 Å². The SMILES string of the molecule is CCCCCCCCCCCCCCCCCC(=O)[O][Al][O]C(=O)CCCCCCCCCCCCCCCCC. The highest BCUT2D eigenvalue weighted by atomic mass is 27.2. The summed E-state index contributed by atoms with van der Waals surface area (Å²) in [5.41, 5.74) is 0. The van der Waals surface area contributed by atoms with E-state index in [-0.39, 0.29) is 11.9 Å². The Labute approximate surface area is 263 Å². The first kappa shape index (κ1) is 40.5. The number of carbonyl (C=O) groups excluding carboxylic acids is 2. The number of rotatable bonds is 34. The molecular weight excluding hydrogens is 523 g/mol. The van der Waals surface area contributed by atoms with Crippen LogP contribution in [0.1, 0.15) is 219 Å². The molecule has 241 valence electrons. The van der Waals surface area contributed by atoms with E-state index in [9.17, 15) is 9.59 Å². The molecule has 0 aromatic carbocycles. The summed E-state index contributed by atoms with van der Waals surface area (Å²) in [7, 11) is 0. The molecule has 0 unspecified atom stereocenters. The summed E-state index contributed by atoms with van der Waals surface area (Å²) >= 11 is -0.999. The van der Waals surface area contributed by atoms with Gasteiger partial charge in [-0.2, -0.15) is 0 Å². The van der Waals surface area contributed by atoms with Crippen molar-refractivity contribution < 1.29 is 17.2 Å². The Kier molecular flexibility index (Phi) is 35.2. The number of carbonyl (C=O) groups is 2. The highest BCUT2D eigenvalue weighted by molar-refractivity contribution is 6.25. The normalized spacial score (nSPS) is 11.1. The van der Waals surface area contributed by atoms with Crippen LogP contribution < -0.4 is 0 Å². The Morgan fingerprint density at radius 3 is 0.756 bits per heavy atom. The molecule has 0 amide bonds. The van der Waals surface area contributed by atoms with Crippen molar-refractivity contribution >= 4 is 27.8 Å². The first-order chi connectivity index (χ1) is 20.2. The van der Waals surface area contributed by atoms with Crippen molar-refractivity contribution in [3.63, 3.8) is 0 Å². The lowest BCUT2D eigenvalue weighted by Gasteiger charge is -2.07. The van der Waals surface area contributed by atoms with Crippen molar-refractivity contribution in [1.82, 2.24) is 0 Å². The Bertz CT molecular complexity index is 494. The van der Waals surface area contributed by atoms with Gasteiger partial charge in [-0.15, -0.1) is 0 Å². The van der Waals surface area contributed by atoms with Gasteiger partial charge in [0.05, 0.1) is 0 Å². The summed E-state index contributed by atoms with van der Waals surface area (Å²) in [6, 6.07) is 0. The Morgan fingerprint density at radius 1 is 0.341 bits per heavy atom. The van der Waals surface area contributed by atoms with Crippen LogP contribution in [-0.2, 0) is 17.2 Å². The third-order valence-electron chi connectivity index (χ3n) is 8.33. The molecule has 0 saturated heterocycles. The average molecular weight is 594 g/mol. The average Bonchev–Trinajstić information content (AvgIpc) is 2.97. The van der Waals surface area contributed by atoms with Crippen LogP contribution in [0.15, 0.2) is 0 Å². The lowest BCUT2D eigenvalue weighted by atomic mass is 10.0. The molecule has 4 nitrogen and oxygen atoms in total. The predicted molar refractivity (Wildman–Crippen MR) is 177 cm³/mol. The van der Waals surface area contributed by atoms with Gasteiger partial charge in [-0.1, -0.05) is 194 Å². The summed E-state index contributed by atoms with van der Waals surface area (Å²) in [4.78, 5) is 23.7. The molecule has 5 heteroatoms. The Hall–Kier alpha value is -0.528. The van der Waals surface area contributed by atoms with Crippen molar-refractivity contribution in [2.45, 2.75) is 219 Å². The first-order valence-corrected chi connectivity index (χ1v) is 19.4. The molecule has 0 atom stereocenters. The first-order valence-electron chi connectivity index (χ1n) is 18.4. The molecule has 0 fully saturated rings. The standard InChI is InChI=1S/2C18H36O2.Al/c2*1-2-3-4-5-6-7-8-9-10-11-12-13-14-15-16-17-18(19)20;/h2*2-17H2,1H3,(H,19,20);/q;;+2/p-2. The Balaban J connectivity index is 3.26. The highest BCUT2D eigenvalue weighted by Crippen LogP contribution is 2.15. The van der Waals surface area contributed by atoms with E-state index in [1.54, 1.807) is 0 Å². The summed E-state index contributed by atoms with van der Waals surface area (Å²) in [6.45, 7) is 4.55. The van der Waals surface area contributed by atoms with Crippen molar-refractivity contribution in [1.29, 1.82) is 0 Å². The van der Waals surface area contributed by atoms with Gasteiger partial charge < -0.3 is 7.58 Å². The van der Waals surface area contributed by atoms with E-state index in [4.69, 9.17) is 7.58 Å². The molecule has 0 saturated carbocycles. The lowest BCUT2D eigenvalue weighted by Crippen LogP contribution is -2.15. The van der Waals surface area contributed by atoms with Gasteiger partial charge in [-0.05, 0) is 12.8 Å². The number of hydrogen-bond donors (Lipinski definition) is 0. The van der Waals surface area contributed by atoms with E-state index in [2.05, 4.69) is 13.8 Å². The largest absolute Gasteiger partial charge is 0.885 e. The fraction of sp³-hybridized carbons (Fsp3) is 0.944. The van der Waals surface area contributed by atoms with E-state index in [0.29, 0.717) is 12.8 Å². The third kappa shape index (κ3) is 35.6. The van der Waals surface area contributed by atoms with Crippen molar-refractivity contribution in [3.05, 3.63) is 0 Å². The number of unbranched alkanes of at least 4 members (excludes halogenated alkanes) is 28. The monoisotopic (exact) mass is 594 g/mol. The summed E-state index contributed by atoms with van der Waals surface area (Å²) < 4.78 is 10.3. The van der Waals surface area contributed by atoms with Crippen LogP contribution in [0, 0.1) is 0 Å². The zero-order chi connectivity index (χ0) is 29.9. The van der Waals surface area contributed by atoms with Gasteiger partial charge >= 0.3 is 15.9 Å². The van der Waals surface area contributed by atoms with Gasteiger partial charge in [0.25, 0.3) is 11.9 Å². The molecule has 0 aliphatic carbocycles. The van der Waals surface area contributed by atoms with Crippen molar-refractivity contribution in [2.24, 2.45) is 0 Å². The molecule has 41 heavy (non-hydrogen) atoms. The number of hydrogen-bond acceptors (Lipinski definition) is 4. The van der Waals surface area contributed by atoms with Gasteiger partial charge in [0.1, 0.15) is 0 Å². The molecular formula is C36H70AlO4. The smallest absolute Gasteiger partial charge is 0.589 e. The fourth-order valence-corrected chi connectivity index (χ4v) is 6.03. The minimum atomic E-state index is -0.999. The van der Waals surface area contributed by atoms with E-state index < -0.39 is 15.9 Å². The maximum Gasteiger partial charge on any atom is 0.885 e. The quantitative estimate of drug-likeness (QED) is 0.0550. The van der Waals surface area contributed by atoms with Crippen LogP contribution in [0.2, 0.25) is 0 Å². The topological polar surface area (TPSA) is 52.6 Å². The molecule has 0 aromatic rings. The minimum Gasteiger partial charge on any atom is -0.589 e. The van der Waals surface area contributed by atoms with Crippen molar-refractivity contribution in [3.8, 4) is 0 Å². The molecule has 0 rings (SSSR count). The lowest BCUT2D eigenvalue weighted by molar-refractivity contribution is -0.139. The zero-order valence-corrected chi connectivity index (χ0v) is 29.0. The molecule has 0 bridgehead atoms. The molecule has 0 heterocycles. The van der Waals surface area contributed by atoms with Crippen molar-refractivity contribution in [2.75, 3.05) is 0 Å². The molecule has 0 aliphatic rings. The molecule has 0 aromatic heterocycles. The summed E-state index contributed by atoms with van der Waals surface area (Å²) in [5.74, 6) is -0.427. The second-order valence-corrected chi connectivity index (χ2v) is 13.1. The summed E-state index contributed by atoms with van der Waals surface area (Å²) in [6.07, 6.45) is 40.3. The van der Waals surface area contributed by atoms with Gasteiger partial charge in [0.15, 0.2) is 0 Å². The second kappa shape index (κ2) is 35.7. The van der Waals surface area contributed by atoms with Crippen LogP contribution in [0.4, 0.5) is 0 Å². The molecule has 0 spiro atoms.